The van der Waals surface area contributed by atoms with Crippen LogP contribution in [0.25, 0.3) is 139 Å². The quantitative estimate of drug-likeness (QED) is 0.152. The molecular weight excluding hydrogens is 913 g/mol. The van der Waals surface area contributed by atoms with Gasteiger partial charge >= 0.3 is 0 Å². The highest BCUT2D eigenvalue weighted by molar-refractivity contribution is 6.14. The van der Waals surface area contributed by atoms with E-state index in [1.807, 2.05) is 18.2 Å². The van der Waals surface area contributed by atoms with Crippen LogP contribution in [-0.2, 0) is 0 Å². The van der Waals surface area contributed by atoms with Crippen LogP contribution >= 0.6 is 0 Å². The average molecular weight is 957 g/mol. The molecule has 0 saturated heterocycles. The molecule has 0 spiro atoms. The van der Waals surface area contributed by atoms with E-state index in [4.69, 9.17) is 15.0 Å². The molecular formula is C69H44N6. The minimum Gasteiger partial charge on any atom is -0.309 e. The van der Waals surface area contributed by atoms with Crippen molar-refractivity contribution in [3.63, 3.8) is 0 Å². The molecule has 0 aliphatic rings. The standard InChI is InChI=1S/C69H44N6/c1-3-20-45(21-4-1)47-40-41-65(74-62-37-14-9-30-55(62)56-31-10-15-38-63(56)74)59(44-47)48-24-17-26-50(42-48)68-70-67(46-22-5-2-6-23-46)71-69(72-68)75-64-39-16-11-32-57(64)58-34-19-33-52(66(58)75)49-25-18-27-51(43-49)73-60-35-12-7-28-53(60)54-29-8-13-36-61(54)73/h1-44H. The summed E-state index contributed by atoms with van der Waals surface area (Å²) >= 11 is 0. The van der Waals surface area contributed by atoms with E-state index in [0.29, 0.717) is 17.6 Å². The van der Waals surface area contributed by atoms with Crippen LogP contribution in [0.1, 0.15) is 0 Å². The summed E-state index contributed by atoms with van der Waals surface area (Å²) in [6, 6.07) is 95.3. The molecule has 0 bridgehead atoms. The average Bonchev–Trinajstić information content (AvgIpc) is 4.15. The van der Waals surface area contributed by atoms with Crippen molar-refractivity contribution in [3.8, 4) is 73.5 Å². The second kappa shape index (κ2) is 17.3. The summed E-state index contributed by atoms with van der Waals surface area (Å²) in [5, 5.41) is 7.14. The monoisotopic (exact) mass is 956 g/mol. The van der Waals surface area contributed by atoms with Crippen LogP contribution in [0.3, 0.4) is 0 Å². The van der Waals surface area contributed by atoms with Gasteiger partial charge in [0.1, 0.15) is 0 Å². The third kappa shape index (κ3) is 6.92. The van der Waals surface area contributed by atoms with Gasteiger partial charge in [0, 0.05) is 60.3 Å². The van der Waals surface area contributed by atoms with Crippen molar-refractivity contribution in [3.05, 3.63) is 267 Å². The Kier molecular flexibility index (Phi) is 9.78. The molecule has 0 unspecified atom stereocenters. The highest BCUT2D eigenvalue weighted by Crippen LogP contribution is 2.42. The smallest absolute Gasteiger partial charge is 0.238 e. The molecule has 15 rings (SSSR count). The maximum Gasteiger partial charge on any atom is 0.238 e. The van der Waals surface area contributed by atoms with Gasteiger partial charge in [0.25, 0.3) is 0 Å². The second-order valence-corrected chi connectivity index (χ2v) is 19.2. The second-order valence-electron chi connectivity index (χ2n) is 19.2. The van der Waals surface area contributed by atoms with Gasteiger partial charge in [0.2, 0.25) is 5.95 Å². The molecule has 0 aliphatic carbocycles. The summed E-state index contributed by atoms with van der Waals surface area (Å²) in [6.07, 6.45) is 0. The molecule has 350 valence electrons. The van der Waals surface area contributed by atoms with Gasteiger partial charge in [-0.15, -0.1) is 0 Å². The Morgan fingerprint density at radius 2 is 0.680 bits per heavy atom. The lowest BCUT2D eigenvalue weighted by atomic mass is 9.96. The molecule has 11 aromatic carbocycles. The molecule has 15 aromatic rings. The van der Waals surface area contributed by atoms with Crippen molar-refractivity contribution >= 4 is 65.4 Å². The van der Waals surface area contributed by atoms with Crippen LogP contribution in [0.5, 0.6) is 0 Å². The van der Waals surface area contributed by atoms with Gasteiger partial charge < -0.3 is 9.13 Å². The summed E-state index contributed by atoms with van der Waals surface area (Å²) in [7, 11) is 0. The Bertz CT molecular complexity index is 4610. The highest BCUT2D eigenvalue weighted by atomic mass is 15.2. The van der Waals surface area contributed by atoms with Crippen LogP contribution in [0.2, 0.25) is 0 Å². The summed E-state index contributed by atoms with van der Waals surface area (Å²) in [5.74, 6) is 1.71. The fourth-order valence-corrected chi connectivity index (χ4v) is 11.6. The predicted molar refractivity (Wildman–Crippen MR) is 310 cm³/mol. The molecule has 4 heterocycles. The number of nitrogens with zero attached hydrogens (tertiary/aromatic N) is 6. The van der Waals surface area contributed by atoms with Gasteiger partial charge in [-0.25, -0.2) is 4.98 Å². The van der Waals surface area contributed by atoms with Crippen molar-refractivity contribution in [2.45, 2.75) is 0 Å². The largest absolute Gasteiger partial charge is 0.309 e. The van der Waals surface area contributed by atoms with Gasteiger partial charge in [-0.05, 0) is 82.9 Å². The summed E-state index contributed by atoms with van der Waals surface area (Å²) in [6.45, 7) is 0. The summed E-state index contributed by atoms with van der Waals surface area (Å²) in [4.78, 5) is 16.2. The Hall–Kier alpha value is -10.2. The van der Waals surface area contributed by atoms with Crippen LogP contribution in [0.15, 0.2) is 267 Å². The van der Waals surface area contributed by atoms with E-state index < -0.39 is 0 Å². The van der Waals surface area contributed by atoms with E-state index in [1.165, 1.54) is 32.6 Å². The van der Waals surface area contributed by atoms with Crippen molar-refractivity contribution in [2.75, 3.05) is 0 Å². The van der Waals surface area contributed by atoms with E-state index in [9.17, 15) is 0 Å². The Morgan fingerprint density at radius 3 is 1.29 bits per heavy atom. The fraction of sp³-hybridized carbons (Fsp3) is 0. The lowest BCUT2D eigenvalue weighted by Gasteiger charge is -2.17. The summed E-state index contributed by atoms with van der Waals surface area (Å²) in [5.41, 5.74) is 17.3. The minimum absolute atomic E-state index is 0.540. The number of hydrogen-bond acceptors (Lipinski definition) is 3. The zero-order chi connectivity index (χ0) is 49.4. The molecule has 6 heteroatoms. The molecule has 0 amide bonds. The summed E-state index contributed by atoms with van der Waals surface area (Å²) < 4.78 is 7.04. The van der Waals surface area contributed by atoms with E-state index in [2.05, 4.69) is 262 Å². The predicted octanol–water partition coefficient (Wildman–Crippen LogP) is 17.5. The van der Waals surface area contributed by atoms with E-state index in [1.54, 1.807) is 0 Å². The Morgan fingerprint density at radius 1 is 0.240 bits per heavy atom. The maximum atomic E-state index is 5.52. The van der Waals surface area contributed by atoms with E-state index >= 15 is 0 Å². The van der Waals surface area contributed by atoms with Crippen LogP contribution in [0.4, 0.5) is 0 Å². The van der Waals surface area contributed by atoms with Crippen molar-refractivity contribution in [2.24, 2.45) is 0 Å². The van der Waals surface area contributed by atoms with E-state index in [-0.39, 0.29) is 0 Å². The molecule has 4 aromatic heterocycles. The molecule has 0 atom stereocenters. The lowest BCUT2D eigenvalue weighted by molar-refractivity contribution is 0.954. The first-order chi connectivity index (χ1) is 37.2. The Balaban J connectivity index is 0.944. The van der Waals surface area contributed by atoms with Gasteiger partial charge in [-0.3, -0.25) is 4.57 Å². The zero-order valence-corrected chi connectivity index (χ0v) is 40.6. The number of para-hydroxylation sites is 6. The maximum absolute atomic E-state index is 5.52. The number of benzene rings is 11. The molecule has 0 aliphatic heterocycles. The Labute approximate surface area is 432 Å². The van der Waals surface area contributed by atoms with Gasteiger partial charge in [-0.1, -0.05) is 206 Å². The first kappa shape index (κ1) is 42.5. The van der Waals surface area contributed by atoms with Gasteiger partial charge in [-0.2, -0.15) is 9.97 Å². The fourth-order valence-electron chi connectivity index (χ4n) is 11.6. The third-order valence-electron chi connectivity index (χ3n) is 14.9. The van der Waals surface area contributed by atoms with Crippen molar-refractivity contribution in [1.29, 1.82) is 0 Å². The molecule has 0 fully saturated rings. The normalized spacial score (nSPS) is 11.7. The SMILES string of the molecule is c1ccc(-c2ccc(-n3c4ccccc4c4ccccc43)c(-c3cccc(-c4nc(-c5ccccc5)nc(-n5c6ccccc6c6cccc(-c7cccc(-n8c9ccccc9c9ccccc98)c7)c65)n4)c3)c2)cc1. The van der Waals surface area contributed by atoms with Gasteiger partial charge in [0.05, 0.1) is 38.8 Å². The topological polar surface area (TPSA) is 53.5 Å². The van der Waals surface area contributed by atoms with E-state index in [0.717, 1.165) is 88.7 Å². The number of fused-ring (bicyclic) bond motifs is 9. The first-order valence-corrected chi connectivity index (χ1v) is 25.4. The number of hydrogen-bond donors (Lipinski definition) is 0. The molecule has 75 heavy (non-hydrogen) atoms. The molecule has 0 radical (unpaired) electrons. The van der Waals surface area contributed by atoms with Crippen molar-refractivity contribution < 1.29 is 0 Å². The van der Waals surface area contributed by atoms with Crippen LogP contribution in [0, 0.1) is 0 Å². The van der Waals surface area contributed by atoms with Gasteiger partial charge in [0.15, 0.2) is 11.6 Å². The lowest BCUT2D eigenvalue weighted by Crippen LogP contribution is -2.07. The molecule has 0 N–H and O–H groups in total. The number of rotatable bonds is 8. The first-order valence-electron chi connectivity index (χ1n) is 25.4. The zero-order valence-electron chi connectivity index (χ0n) is 40.6. The molecule has 6 nitrogen and oxygen atoms in total. The third-order valence-corrected chi connectivity index (χ3v) is 14.9. The van der Waals surface area contributed by atoms with Crippen LogP contribution < -0.4 is 0 Å². The van der Waals surface area contributed by atoms with Crippen LogP contribution in [-0.4, -0.2) is 28.7 Å². The van der Waals surface area contributed by atoms with Crippen molar-refractivity contribution in [1.82, 2.24) is 28.7 Å². The number of aromatic nitrogens is 6. The minimum atomic E-state index is 0.540. The highest BCUT2D eigenvalue weighted by Gasteiger charge is 2.23. The molecule has 0 saturated carbocycles.